The first-order chi connectivity index (χ1) is 11.6. The number of carbonyl (C=O) groups excluding carboxylic acids is 2. The van der Waals surface area contributed by atoms with Crippen molar-refractivity contribution in [3.8, 4) is 5.75 Å². The zero-order chi connectivity index (χ0) is 17.2. The van der Waals surface area contributed by atoms with E-state index in [-0.39, 0.29) is 17.2 Å². The number of benzene rings is 1. The van der Waals surface area contributed by atoms with Crippen molar-refractivity contribution in [2.45, 2.75) is 32.6 Å². The van der Waals surface area contributed by atoms with Crippen LogP contribution >= 0.6 is 0 Å². The highest BCUT2D eigenvalue weighted by molar-refractivity contribution is 5.98. The monoisotopic (exact) mass is 330 g/mol. The van der Waals surface area contributed by atoms with Crippen molar-refractivity contribution < 1.29 is 14.3 Å². The number of piperidine rings is 1. The number of amides is 2. The van der Waals surface area contributed by atoms with E-state index < -0.39 is 0 Å². The van der Waals surface area contributed by atoms with Crippen LogP contribution in [0.2, 0.25) is 0 Å². The molecule has 130 valence electrons. The van der Waals surface area contributed by atoms with E-state index >= 15 is 0 Å². The fraction of sp³-hybridized carbons (Fsp3) is 0.579. The Morgan fingerprint density at radius 3 is 2.83 bits per heavy atom. The molecule has 24 heavy (non-hydrogen) atoms. The molecule has 0 saturated carbocycles. The van der Waals surface area contributed by atoms with Crippen LogP contribution in [0, 0.1) is 5.41 Å². The highest BCUT2D eigenvalue weighted by Crippen LogP contribution is 2.40. The number of para-hydroxylation sites is 1. The van der Waals surface area contributed by atoms with Crippen molar-refractivity contribution in [2.24, 2.45) is 5.41 Å². The van der Waals surface area contributed by atoms with Gasteiger partial charge in [-0.15, -0.1) is 0 Å². The summed E-state index contributed by atoms with van der Waals surface area (Å²) in [6.45, 7) is 4.62. The molecule has 2 aliphatic rings. The molecule has 1 aromatic rings. The molecular formula is C19H26N2O3. The molecule has 0 aromatic heterocycles. The van der Waals surface area contributed by atoms with Crippen LogP contribution < -0.4 is 4.74 Å². The van der Waals surface area contributed by atoms with Gasteiger partial charge < -0.3 is 14.5 Å². The second-order valence-corrected chi connectivity index (χ2v) is 6.93. The number of nitrogens with zero attached hydrogens (tertiary/aromatic N) is 2. The van der Waals surface area contributed by atoms with Gasteiger partial charge in [-0.1, -0.05) is 19.1 Å². The van der Waals surface area contributed by atoms with Gasteiger partial charge in [-0.3, -0.25) is 9.59 Å². The number of rotatable bonds is 4. The van der Waals surface area contributed by atoms with Crippen LogP contribution in [0.25, 0.3) is 0 Å². The number of likely N-dealkylation sites (tertiary alicyclic amines) is 2. The Morgan fingerprint density at radius 2 is 2.04 bits per heavy atom. The molecule has 2 heterocycles. The molecule has 5 nitrogen and oxygen atoms in total. The average molecular weight is 330 g/mol. The van der Waals surface area contributed by atoms with Gasteiger partial charge in [-0.25, -0.2) is 0 Å². The highest BCUT2D eigenvalue weighted by Gasteiger charge is 2.48. The Hall–Kier alpha value is -2.04. The summed E-state index contributed by atoms with van der Waals surface area (Å²) in [7, 11) is 1.86. The van der Waals surface area contributed by atoms with Crippen molar-refractivity contribution in [2.75, 3.05) is 33.3 Å². The lowest BCUT2D eigenvalue weighted by atomic mass is 9.78. The van der Waals surface area contributed by atoms with Crippen molar-refractivity contribution in [1.29, 1.82) is 0 Å². The van der Waals surface area contributed by atoms with E-state index in [2.05, 4.69) is 0 Å². The normalized spacial score (nSPS) is 23.8. The molecular weight excluding hydrogens is 304 g/mol. The van der Waals surface area contributed by atoms with Gasteiger partial charge in [0.1, 0.15) is 5.75 Å². The fourth-order valence-electron chi connectivity index (χ4n) is 3.84. The van der Waals surface area contributed by atoms with Crippen molar-refractivity contribution >= 4 is 11.8 Å². The molecule has 0 N–H and O–H groups in total. The van der Waals surface area contributed by atoms with Crippen LogP contribution in [0.1, 0.15) is 43.0 Å². The second-order valence-electron chi connectivity index (χ2n) is 6.93. The third kappa shape index (κ3) is 2.99. The van der Waals surface area contributed by atoms with E-state index in [1.165, 1.54) is 0 Å². The number of ether oxygens (including phenoxy) is 1. The van der Waals surface area contributed by atoms with Crippen LogP contribution in [0.3, 0.4) is 0 Å². The smallest absolute Gasteiger partial charge is 0.257 e. The largest absolute Gasteiger partial charge is 0.493 e. The SMILES string of the molecule is CCCOc1ccccc1C(=O)N1CCC2(CCCN(C)C2=O)C1. The summed E-state index contributed by atoms with van der Waals surface area (Å²) >= 11 is 0. The van der Waals surface area contributed by atoms with Crippen molar-refractivity contribution in [3.63, 3.8) is 0 Å². The molecule has 5 heteroatoms. The molecule has 1 atom stereocenters. The standard InChI is InChI=1S/C19H26N2O3/c1-3-13-24-16-8-5-4-7-15(16)17(22)21-12-10-19(14-21)9-6-11-20(2)18(19)23/h4-5,7-8H,3,6,9-14H2,1-2H3. The molecule has 2 aliphatic heterocycles. The molecule has 1 spiro atoms. The number of carbonyl (C=O) groups is 2. The van der Waals surface area contributed by atoms with Gasteiger partial charge in [0.05, 0.1) is 17.6 Å². The molecule has 0 bridgehead atoms. The van der Waals surface area contributed by atoms with Crippen molar-refractivity contribution in [3.05, 3.63) is 29.8 Å². The molecule has 3 rings (SSSR count). The molecule has 1 unspecified atom stereocenters. The summed E-state index contributed by atoms with van der Waals surface area (Å²) in [6.07, 6.45) is 3.56. The van der Waals surface area contributed by atoms with Crippen LogP contribution in [0.5, 0.6) is 5.75 Å². The lowest BCUT2D eigenvalue weighted by molar-refractivity contribution is -0.143. The first-order valence-electron chi connectivity index (χ1n) is 8.84. The van der Waals surface area contributed by atoms with E-state index in [1.54, 1.807) is 0 Å². The second kappa shape index (κ2) is 6.83. The number of hydrogen-bond acceptors (Lipinski definition) is 3. The maximum absolute atomic E-state index is 13.0. The zero-order valence-electron chi connectivity index (χ0n) is 14.6. The Bertz CT molecular complexity index is 631. The summed E-state index contributed by atoms with van der Waals surface area (Å²) in [4.78, 5) is 29.2. The van der Waals surface area contributed by atoms with Gasteiger partial charge in [0.15, 0.2) is 0 Å². The maximum atomic E-state index is 13.0. The quantitative estimate of drug-likeness (QED) is 0.852. The molecule has 1 aromatic carbocycles. The maximum Gasteiger partial charge on any atom is 0.257 e. The van der Waals surface area contributed by atoms with Crippen LogP contribution in [0.4, 0.5) is 0 Å². The Morgan fingerprint density at radius 1 is 1.25 bits per heavy atom. The van der Waals surface area contributed by atoms with E-state index in [0.717, 1.165) is 32.2 Å². The lowest BCUT2D eigenvalue weighted by Crippen LogP contribution is -2.48. The van der Waals surface area contributed by atoms with Gasteiger partial charge >= 0.3 is 0 Å². The van der Waals surface area contributed by atoms with Crippen LogP contribution in [0.15, 0.2) is 24.3 Å². The van der Waals surface area contributed by atoms with E-state index in [4.69, 9.17) is 4.74 Å². The summed E-state index contributed by atoms with van der Waals surface area (Å²) in [5.74, 6) is 0.802. The molecule has 2 amide bonds. The van der Waals surface area contributed by atoms with Gasteiger partial charge in [-0.05, 0) is 37.8 Å². The average Bonchev–Trinajstić information content (AvgIpc) is 3.02. The molecule has 2 fully saturated rings. The predicted octanol–water partition coefficient (Wildman–Crippen LogP) is 2.56. The fourth-order valence-corrected chi connectivity index (χ4v) is 3.84. The van der Waals surface area contributed by atoms with Crippen LogP contribution in [-0.4, -0.2) is 54.9 Å². The van der Waals surface area contributed by atoms with E-state index in [1.807, 2.05) is 48.0 Å². The van der Waals surface area contributed by atoms with Gasteiger partial charge in [0.2, 0.25) is 5.91 Å². The van der Waals surface area contributed by atoms with Gasteiger partial charge in [-0.2, -0.15) is 0 Å². The predicted molar refractivity (Wildman–Crippen MR) is 92.1 cm³/mol. The number of hydrogen-bond donors (Lipinski definition) is 0. The van der Waals surface area contributed by atoms with Gasteiger partial charge in [0, 0.05) is 26.7 Å². The molecule has 0 aliphatic carbocycles. The molecule has 0 radical (unpaired) electrons. The highest BCUT2D eigenvalue weighted by atomic mass is 16.5. The summed E-state index contributed by atoms with van der Waals surface area (Å²) in [5, 5.41) is 0. The minimum absolute atomic E-state index is 0.0281. The van der Waals surface area contributed by atoms with Gasteiger partial charge in [0.25, 0.3) is 5.91 Å². The Labute approximate surface area is 143 Å². The van der Waals surface area contributed by atoms with Crippen molar-refractivity contribution in [1.82, 2.24) is 9.80 Å². The zero-order valence-corrected chi connectivity index (χ0v) is 14.6. The minimum atomic E-state index is -0.373. The molecule has 2 saturated heterocycles. The summed E-state index contributed by atoms with van der Waals surface area (Å²) in [6, 6.07) is 7.39. The Balaban J connectivity index is 1.77. The third-order valence-electron chi connectivity index (χ3n) is 5.17. The summed E-state index contributed by atoms with van der Waals surface area (Å²) in [5.41, 5.74) is 0.224. The van der Waals surface area contributed by atoms with E-state index in [0.29, 0.717) is 31.0 Å². The van der Waals surface area contributed by atoms with E-state index in [9.17, 15) is 9.59 Å². The van der Waals surface area contributed by atoms with Crippen LogP contribution in [-0.2, 0) is 4.79 Å². The Kier molecular flexibility index (Phi) is 4.78. The minimum Gasteiger partial charge on any atom is -0.493 e. The lowest BCUT2D eigenvalue weighted by Gasteiger charge is -2.37. The topological polar surface area (TPSA) is 49.9 Å². The third-order valence-corrected chi connectivity index (χ3v) is 5.17. The first kappa shape index (κ1) is 16.8. The summed E-state index contributed by atoms with van der Waals surface area (Å²) < 4.78 is 5.72. The first-order valence-corrected chi connectivity index (χ1v) is 8.84.